The van der Waals surface area contributed by atoms with Gasteiger partial charge in [0.15, 0.2) is 0 Å². The van der Waals surface area contributed by atoms with Gasteiger partial charge in [-0.3, -0.25) is 21.7 Å². The number of nitrogens with zero attached hydrogens (tertiary/aromatic N) is 1. The average Bonchev–Trinajstić information content (AvgIpc) is 2.01. The molecule has 1 rings (SSSR count). The van der Waals surface area contributed by atoms with Crippen LogP contribution in [-0.4, -0.2) is 29.9 Å². The number of nitrogens with one attached hydrogen (secondary N) is 3. The molecule has 0 saturated carbocycles. The van der Waals surface area contributed by atoms with Gasteiger partial charge < -0.3 is 15.7 Å². The monoisotopic (exact) mass is 200 g/mol. The Morgan fingerprint density at radius 1 is 1.64 bits per heavy atom. The Balaban J connectivity index is 2.51. The molecule has 1 unspecified atom stereocenters. The van der Waals surface area contributed by atoms with Gasteiger partial charge in [0, 0.05) is 6.08 Å². The lowest BCUT2D eigenvalue weighted by Crippen LogP contribution is -2.48. The van der Waals surface area contributed by atoms with Crippen molar-refractivity contribution in [2.75, 3.05) is 0 Å². The number of aliphatic hydroxyl groups excluding tert-OH is 1. The van der Waals surface area contributed by atoms with Crippen LogP contribution < -0.4 is 27.5 Å². The molecule has 1 atom stereocenters. The van der Waals surface area contributed by atoms with Crippen molar-refractivity contribution >= 4 is 12.1 Å². The fraction of sp³-hybridized carbons (Fsp3) is 0.333. The Labute approximate surface area is 80.0 Å². The molecule has 8 N–H and O–H groups in total. The lowest BCUT2D eigenvalue weighted by molar-refractivity contribution is -0.120. The van der Waals surface area contributed by atoms with Crippen molar-refractivity contribution in [3.8, 4) is 0 Å². The summed E-state index contributed by atoms with van der Waals surface area (Å²) in [5, 5.41) is 17.4. The average molecular weight is 200 g/mol. The fourth-order valence-electron chi connectivity index (χ4n) is 0.821. The smallest absolute Gasteiger partial charge is 0.249 e. The van der Waals surface area contributed by atoms with Crippen LogP contribution in [0.3, 0.4) is 0 Å². The standard InChI is InChI=1S/C6H12N6O2/c7-5(8)12-9-2-3-1-4(13)11-6(14)10-3/h1-2,5-6,10,12,14H,7-8H2,(H,11,13)/b9-2-. The first-order chi connectivity index (χ1) is 6.58. The number of carbonyl (C=O) groups is 1. The first-order valence-electron chi connectivity index (χ1n) is 3.84. The van der Waals surface area contributed by atoms with Crippen LogP contribution in [0.25, 0.3) is 0 Å². The summed E-state index contributed by atoms with van der Waals surface area (Å²) in [5.74, 6) is -0.408. The van der Waals surface area contributed by atoms with Crippen LogP contribution in [0.2, 0.25) is 0 Å². The summed E-state index contributed by atoms with van der Waals surface area (Å²) in [4.78, 5) is 10.9. The van der Waals surface area contributed by atoms with Gasteiger partial charge >= 0.3 is 0 Å². The van der Waals surface area contributed by atoms with Gasteiger partial charge in [-0.2, -0.15) is 5.10 Å². The van der Waals surface area contributed by atoms with E-state index in [4.69, 9.17) is 16.6 Å². The van der Waals surface area contributed by atoms with Gasteiger partial charge in [0.05, 0.1) is 11.9 Å². The number of aliphatic hydroxyl groups is 1. The lowest BCUT2D eigenvalue weighted by Gasteiger charge is -2.19. The summed E-state index contributed by atoms with van der Waals surface area (Å²) < 4.78 is 0. The summed E-state index contributed by atoms with van der Waals surface area (Å²) >= 11 is 0. The number of allylic oxidation sites excluding steroid dienone is 1. The molecule has 0 bridgehead atoms. The van der Waals surface area contributed by atoms with Gasteiger partial charge in [-0.15, -0.1) is 0 Å². The molecule has 0 spiro atoms. The van der Waals surface area contributed by atoms with Crippen molar-refractivity contribution in [2.45, 2.75) is 12.6 Å². The number of nitrogens with two attached hydrogens (primary N) is 2. The van der Waals surface area contributed by atoms with Crippen LogP contribution in [0.4, 0.5) is 0 Å². The zero-order valence-electron chi connectivity index (χ0n) is 7.27. The Bertz CT molecular complexity index is 273. The third kappa shape index (κ3) is 3.39. The van der Waals surface area contributed by atoms with Gasteiger partial charge in [-0.25, -0.2) is 0 Å². The van der Waals surface area contributed by atoms with Crippen molar-refractivity contribution in [3.63, 3.8) is 0 Å². The SMILES string of the molecule is NC(N)N/N=C\C1=CC(=O)NC(O)N1. The van der Waals surface area contributed by atoms with E-state index in [-0.39, 0.29) is 0 Å². The maximum absolute atomic E-state index is 10.9. The second kappa shape index (κ2) is 4.56. The number of hydrogen-bond acceptors (Lipinski definition) is 7. The number of hydrogen-bond donors (Lipinski definition) is 6. The van der Waals surface area contributed by atoms with Crippen molar-refractivity contribution in [1.29, 1.82) is 0 Å². The van der Waals surface area contributed by atoms with Gasteiger partial charge in [-0.1, -0.05) is 0 Å². The molecule has 0 aromatic rings. The summed E-state index contributed by atoms with van der Waals surface area (Å²) in [5.41, 5.74) is 13.0. The number of hydrazone groups is 1. The van der Waals surface area contributed by atoms with E-state index >= 15 is 0 Å². The van der Waals surface area contributed by atoms with E-state index in [1.165, 1.54) is 12.3 Å². The van der Waals surface area contributed by atoms with E-state index in [0.717, 1.165) is 0 Å². The third-order valence-electron chi connectivity index (χ3n) is 1.30. The Morgan fingerprint density at radius 3 is 2.93 bits per heavy atom. The molecular weight excluding hydrogens is 188 g/mol. The normalized spacial score (nSPS) is 21.9. The predicted octanol–water partition coefficient (Wildman–Crippen LogP) is -3.36. The zero-order valence-corrected chi connectivity index (χ0v) is 7.27. The largest absolute Gasteiger partial charge is 0.356 e. The summed E-state index contributed by atoms with van der Waals surface area (Å²) in [6, 6.07) is 0. The fourth-order valence-corrected chi connectivity index (χ4v) is 0.821. The van der Waals surface area contributed by atoms with E-state index in [9.17, 15) is 4.79 Å². The molecular formula is C6H12N6O2. The summed E-state index contributed by atoms with van der Waals surface area (Å²) in [6.07, 6.45) is 0.643. The second-order valence-corrected chi connectivity index (χ2v) is 2.57. The Kier molecular flexibility index (Phi) is 3.40. The van der Waals surface area contributed by atoms with Crippen molar-refractivity contribution < 1.29 is 9.90 Å². The van der Waals surface area contributed by atoms with E-state index < -0.39 is 18.5 Å². The van der Waals surface area contributed by atoms with Gasteiger partial charge in [0.2, 0.25) is 12.3 Å². The quantitative estimate of drug-likeness (QED) is 0.160. The molecule has 0 aromatic heterocycles. The molecule has 1 aliphatic rings. The molecule has 8 heteroatoms. The van der Waals surface area contributed by atoms with Crippen molar-refractivity contribution in [1.82, 2.24) is 16.1 Å². The summed E-state index contributed by atoms with van der Waals surface area (Å²) in [7, 11) is 0. The maximum atomic E-state index is 10.9. The van der Waals surface area contributed by atoms with Crippen molar-refractivity contribution in [3.05, 3.63) is 11.8 Å². The first kappa shape index (κ1) is 10.4. The van der Waals surface area contributed by atoms with Gasteiger partial charge in [0.1, 0.15) is 6.29 Å². The van der Waals surface area contributed by atoms with Crippen LogP contribution in [0.1, 0.15) is 0 Å². The third-order valence-corrected chi connectivity index (χ3v) is 1.30. The van der Waals surface area contributed by atoms with E-state index in [2.05, 4.69) is 21.2 Å². The highest BCUT2D eigenvalue weighted by Gasteiger charge is 2.13. The predicted molar refractivity (Wildman–Crippen MR) is 49.2 cm³/mol. The minimum Gasteiger partial charge on any atom is -0.356 e. The lowest BCUT2D eigenvalue weighted by atomic mass is 10.3. The van der Waals surface area contributed by atoms with Crippen LogP contribution in [0.15, 0.2) is 16.9 Å². The molecule has 14 heavy (non-hydrogen) atoms. The molecule has 0 fully saturated rings. The summed E-state index contributed by atoms with van der Waals surface area (Å²) in [6.45, 7) is 0. The topological polar surface area (TPSA) is 138 Å². The number of carbonyl (C=O) groups excluding carboxylic acids is 1. The Morgan fingerprint density at radius 2 is 2.36 bits per heavy atom. The highest BCUT2D eigenvalue weighted by Crippen LogP contribution is 1.92. The second-order valence-electron chi connectivity index (χ2n) is 2.57. The van der Waals surface area contributed by atoms with Crippen molar-refractivity contribution in [2.24, 2.45) is 16.6 Å². The molecule has 8 nitrogen and oxygen atoms in total. The molecule has 1 amide bonds. The minimum atomic E-state index is -1.11. The molecule has 0 aromatic carbocycles. The number of amides is 1. The molecule has 0 aliphatic carbocycles. The number of rotatable bonds is 3. The molecule has 1 aliphatic heterocycles. The minimum absolute atomic E-state index is 0.356. The van der Waals surface area contributed by atoms with Crippen LogP contribution in [-0.2, 0) is 4.79 Å². The van der Waals surface area contributed by atoms with Gasteiger partial charge in [0.25, 0.3) is 0 Å². The highest BCUT2D eigenvalue weighted by molar-refractivity contribution is 5.95. The van der Waals surface area contributed by atoms with Gasteiger partial charge in [-0.05, 0) is 0 Å². The van der Waals surface area contributed by atoms with E-state index in [0.29, 0.717) is 5.70 Å². The highest BCUT2D eigenvalue weighted by atomic mass is 16.3. The zero-order chi connectivity index (χ0) is 10.6. The maximum Gasteiger partial charge on any atom is 0.249 e. The van der Waals surface area contributed by atoms with Crippen LogP contribution in [0, 0.1) is 0 Å². The molecule has 0 saturated heterocycles. The van der Waals surface area contributed by atoms with E-state index in [1.807, 2.05) is 0 Å². The Hall–Kier alpha value is -1.64. The molecule has 1 heterocycles. The van der Waals surface area contributed by atoms with E-state index in [1.54, 1.807) is 0 Å². The molecule has 78 valence electrons. The molecule has 0 radical (unpaired) electrons. The first-order valence-corrected chi connectivity index (χ1v) is 3.84. The van der Waals surface area contributed by atoms with Crippen LogP contribution >= 0.6 is 0 Å². The van der Waals surface area contributed by atoms with Crippen LogP contribution in [0.5, 0.6) is 0 Å².